The minimum absolute atomic E-state index is 0.0912. The molecule has 0 aliphatic carbocycles. The van der Waals surface area contributed by atoms with Crippen molar-refractivity contribution in [2.75, 3.05) is 11.9 Å². The minimum atomic E-state index is -0.0912. The highest BCUT2D eigenvalue weighted by Gasteiger charge is 2.08. The van der Waals surface area contributed by atoms with E-state index in [0.717, 1.165) is 6.42 Å². The van der Waals surface area contributed by atoms with Gasteiger partial charge in [-0.3, -0.25) is 4.79 Å². The summed E-state index contributed by atoms with van der Waals surface area (Å²) in [7, 11) is 0. The minimum Gasteiger partial charge on any atom is -0.375 e. The predicted molar refractivity (Wildman–Crippen MR) is 77.9 cm³/mol. The van der Waals surface area contributed by atoms with Gasteiger partial charge in [-0.15, -0.1) is 0 Å². The second-order valence-corrected chi connectivity index (χ2v) is 5.20. The summed E-state index contributed by atoms with van der Waals surface area (Å²) in [6.07, 6.45) is 0.888. The smallest absolute Gasteiger partial charge is 0.239 e. The topological polar surface area (TPSA) is 41.1 Å². The van der Waals surface area contributed by atoms with E-state index in [1.807, 2.05) is 13.8 Å². The van der Waals surface area contributed by atoms with Crippen molar-refractivity contribution in [1.29, 1.82) is 0 Å². The lowest BCUT2D eigenvalue weighted by molar-refractivity contribution is -0.120. The number of halogens is 3. The number of carbonyl (C=O) groups excluding carboxylic acids is 1. The number of amides is 1. The average molecular weight is 310 g/mol. The van der Waals surface area contributed by atoms with Crippen molar-refractivity contribution in [3.8, 4) is 0 Å². The Balaban J connectivity index is 2.58. The number of benzene rings is 1. The third-order valence-electron chi connectivity index (χ3n) is 2.47. The highest BCUT2D eigenvalue weighted by atomic mass is 35.5. The molecule has 1 aromatic carbocycles. The first-order valence-electron chi connectivity index (χ1n) is 5.61. The molecule has 18 heavy (non-hydrogen) atoms. The fourth-order valence-corrected chi connectivity index (χ4v) is 1.88. The molecule has 3 nitrogen and oxygen atoms in total. The van der Waals surface area contributed by atoms with E-state index >= 15 is 0 Å². The lowest BCUT2D eigenvalue weighted by atomic mass is 10.2. The zero-order valence-corrected chi connectivity index (χ0v) is 12.5. The number of anilines is 1. The van der Waals surface area contributed by atoms with Gasteiger partial charge in [-0.05, 0) is 25.5 Å². The lowest BCUT2D eigenvalue weighted by Crippen LogP contribution is -2.36. The molecular weight excluding hydrogens is 295 g/mol. The van der Waals surface area contributed by atoms with E-state index in [2.05, 4.69) is 10.6 Å². The van der Waals surface area contributed by atoms with Crippen molar-refractivity contribution in [2.45, 2.75) is 26.3 Å². The second-order valence-electron chi connectivity index (χ2n) is 3.98. The van der Waals surface area contributed by atoms with Crippen LogP contribution < -0.4 is 10.6 Å². The average Bonchev–Trinajstić information content (AvgIpc) is 2.32. The first-order chi connectivity index (χ1) is 8.43. The zero-order valence-electron chi connectivity index (χ0n) is 10.2. The van der Waals surface area contributed by atoms with Crippen LogP contribution in [0.3, 0.4) is 0 Å². The molecule has 1 rings (SSSR count). The van der Waals surface area contributed by atoms with Crippen LogP contribution in [0.4, 0.5) is 5.69 Å². The summed E-state index contributed by atoms with van der Waals surface area (Å²) in [5, 5.41) is 6.98. The molecule has 100 valence electrons. The summed E-state index contributed by atoms with van der Waals surface area (Å²) in [6.45, 7) is 4.10. The Morgan fingerprint density at radius 3 is 2.44 bits per heavy atom. The van der Waals surface area contributed by atoms with Crippen LogP contribution in [0, 0.1) is 0 Å². The molecule has 0 fully saturated rings. The van der Waals surface area contributed by atoms with Crippen LogP contribution in [0.2, 0.25) is 15.1 Å². The van der Waals surface area contributed by atoms with Crippen LogP contribution >= 0.6 is 34.8 Å². The molecule has 0 saturated heterocycles. The SMILES string of the molecule is CCC(C)NC(=O)CNc1cc(Cl)c(Cl)cc1Cl. The van der Waals surface area contributed by atoms with Crippen molar-refractivity contribution in [3.63, 3.8) is 0 Å². The van der Waals surface area contributed by atoms with Gasteiger partial charge >= 0.3 is 0 Å². The van der Waals surface area contributed by atoms with Crippen LogP contribution in [-0.2, 0) is 4.79 Å². The molecule has 1 atom stereocenters. The summed E-state index contributed by atoms with van der Waals surface area (Å²) in [5.41, 5.74) is 0.588. The van der Waals surface area contributed by atoms with Crippen molar-refractivity contribution >= 4 is 46.4 Å². The number of nitrogens with one attached hydrogen (secondary N) is 2. The summed E-state index contributed by atoms with van der Waals surface area (Å²) in [4.78, 5) is 11.6. The molecular formula is C12H15Cl3N2O. The molecule has 0 aromatic heterocycles. The monoisotopic (exact) mass is 308 g/mol. The van der Waals surface area contributed by atoms with E-state index in [0.29, 0.717) is 20.8 Å². The molecule has 0 spiro atoms. The Hall–Kier alpha value is -0.640. The Morgan fingerprint density at radius 1 is 1.22 bits per heavy atom. The summed E-state index contributed by atoms with van der Waals surface area (Å²) in [5.74, 6) is -0.0912. The standard InChI is InChI=1S/C12H15Cl3N2O/c1-3-7(2)17-12(18)6-16-11-5-9(14)8(13)4-10(11)15/h4-5,7,16H,3,6H2,1-2H3,(H,17,18). The van der Waals surface area contributed by atoms with Gasteiger partial charge in [-0.25, -0.2) is 0 Å². The van der Waals surface area contributed by atoms with Crippen molar-refractivity contribution in [1.82, 2.24) is 5.32 Å². The van der Waals surface area contributed by atoms with Crippen LogP contribution in [0.1, 0.15) is 20.3 Å². The zero-order chi connectivity index (χ0) is 13.7. The quantitative estimate of drug-likeness (QED) is 0.808. The second kappa shape index (κ2) is 7.07. The number of rotatable bonds is 5. The maximum absolute atomic E-state index is 11.6. The molecule has 1 aromatic rings. The fraction of sp³-hybridized carbons (Fsp3) is 0.417. The van der Waals surface area contributed by atoms with Gasteiger partial charge in [0.05, 0.1) is 27.3 Å². The number of hydrogen-bond donors (Lipinski definition) is 2. The molecule has 0 aliphatic rings. The molecule has 2 N–H and O–H groups in total. The van der Waals surface area contributed by atoms with E-state index in [1.165, 1.54) is 0 Å². The highest BCUT2D eigenvalue weighted by Crippen LogP contribution is 2.31. The van der Waals surface area contributed by atoms with Gasteiger partial charge < -0.3 is 10.6 Å². The van der Waals surface area contributed by atoms with Crippen LogP contribution in [0.25, 0.3) is 0 Å². The summed E-state index contributed by atoms with van der Waals surface area (Å²) < 4.78 is 0. The van der Waals surface area contributed by atoms with E-state index in [-0.39, 0.29) is 18.5 Å². The van der Waals surface area contributed by atoms with E-state index < -0.39 is 0 Å². The third-order valence-corrected chi connectivity index (χ3v) is 3.50. The highest BCUT2D eigenvalue weighted by molar-refractivity contribution is 6.44. The molecule has 0 saturated carbocycles. The Kier molecular flexibility index (Phi) is 6.06. The van der Waals surface area contributed by atoms with Gasteiger partial charge in [-0.2, -0.15) is 0 Å². The van der Waals surface area contributed by atoms with Gasteiger partial charge in [-0.1, -0.05) is 41.7 Å². The lowest BCUT2D eigenvalue weighted by Gasteiger charge is -2.13. The molecule has 0 radical (unpaired) electrons. The Labute approximate surface area is 122 Å². The predicted octanol–water partition coefficient (Wildman–Crippen LogP) is 3.97. The van der Waals surface area contributed by atoms with Gasteiger partial charge in [0.2, 0.25) is 5.91 Å². The largest absolute Gasteiger partial charge is 0.375 e. The Bertz CT molecular complexity index is 438. The molecule has 1 amide bonds. The van der Waals surface area contributed by atoms with Crippen LogP contribution in [-0.4, -0.2) is 18.5 Å². The number of hydrogen-bond acceptors (Lipinski definition) is 2. The summed E-state index contributed by atoms with van der Waals surface area (Å²) in [6, 6.07) is 3.30. The van der Waals surface area contributed by atoms with Crippen molar-refractivity contribution in [2.24, 2.45) is 0 Å². The van der Waals surface area contributed by atoms with Crippen molar-refractivity contribution < 1.29 is 4.79 Å². The molecule has 0 aliphatic heterocycles. The van der Waals surface area contributed by atoms with Crippen molar-refractivity contribution in [3.05, 3.63) is 27.2 Å². The van der Waals surface area contributed by atoms with Gasteiger partial charge in [0, 0.05) is 6.04 Å². The first kappa shape index (κ1) is 15.4. The van der Waals surface area contributed by atoms with E-state index in [4.69, 9.17) is 34.8 Å². The summed E-state index contributed by atoms with van der Waals surface area (Å²) >= 11 is 17.7. The molecule has 0 bridgehead atoms. The molecule has 6 heteroatoms. The normalized spacial score (nSPS) is 12.1. The molecule has 1 unspecified atom stereocenters. The van der Waals surface area contributed by atoms with Gasteiger partial charge in [0.1, 0.15) is 0 Å². The number of carbonyl (C=O) groups is 1. The van der Waals surface area contributed by atoms with Gasteiger partial charge in [0.15, 0.2) is 0 Å². The molecule has 0 heterocycles. The third kappa shape index (κ3) is 4.56. The van der Waals surface area contributed by atoms with Crippen LogP contribution in [0.5, 0.6) is 0 Å². The first-order valence-corrected chi connectivity index (χ1v) is 6.75. The Morgan fingerprint density at radius 2 is 1.83 bits per heavy atom. The van der Waals surface area contributed by atoms with Gasteiger partial charge in [0.25, 0.3) is 0 Å². The maximum atomic E-state index is 11.6. The van der Waals surface area contributed by atoms with E-state index in [9.17, 15) is 4.79 Å². The van der Waals surface area contributed by atoms with Crippen LogP contribution in [0.15, 0.2) is 12.1 Å². The maximum Gasteiger partial charge on any atom is 0.239 e. The van der Waals surface area contributed by atoms with E-state index in [1.54, 1.807) is 12.1 Å². The fourth-order valence-electron chi connectivity index (χ4n) is 1.26.